The Morgan fingerprint density at radius 1 is 1.36 bits per heavy atom. The van der Waals surface area contributed by atoms with Crippen LogP contribution in [0.3, 0.4) is 0 Å². The fraction of sp³-hybridized carbons (Fsp3) is 0.263. The summed E-state index contributed by atoms with van der Waals surface area (Å²) >= 11 is 6.10. The lowest BCUT2D eigenvalue weighted by atomic mass is 9.79. The Morgan fingerprint density at radius 2 is 2.16 bits per heavy atom. The number of aromatic nitrogens is 1. The molecule has 4 rings (SSSR count). The van der Waals surface area contributed by atoms with Crippen LogP contribution in [-0.2, 0) is 5.60 Å². The quantitative estimate of drug-likeness (QED) is 0.537. The Hall–Kier alpha value is -2.53. The molecule has 1 aromatic heterocycles. The summed E-state index contributed by atoms with van der Waals surface area (Å²) in [6, 6.07) is 13.3. The third kappa shape index (κ3) is 2.74. The molecule has 2 heterocycles. The lowest BCUT2D eigenvalue weighted by Gasteiger charge is -2.39. The van der Waals surface area contributed by atoms with Crippen molar-refractivity contribution in [2.24, 2.45) is 0 Å². The van der Waals surface area contributed by atoms with E-state index in [4.69, 9.17) is 16.3 Å². The van der Waals surface area contributed by atoms with Crippen LogP contribution in [0.5, 0.6) is 5.75 Å². The van der Waals surface area contributed by atoms with Gasteiger partial charge in [-0.05, 0) is 31.2 Å². The molecule has 1 aliphatic heterocycles. The van der Waals surface area contributed by atoms with Crippen LogP contribution in [0.4, 0.5) is 0 Å². The number of para-hydroxylation sites is 1. The van der Waals surface area contributed by atoms with Gasteiger partial charge >= 0.3 is 0 Å². The summed E-state index contributed by atoms with van der Waals surface area (Å²) in [5.41, 5.74) is 2.19. The van der Waals surface area contributed by atoms with Gasteiger partial charge in [0.2, 0.25) is 6.54 Å². The van der Waals surface area contributed by atoms with Crippen molar-refractivity contribution in [2.75, 3.05) is 6.54 Å². The first-order valence-corrected chi connectivity index (χ1v) is 8.51. The van der Waals surface area contributed by atoms with E-state index in [1.165, 1.54) is 0 Å². The number of fused-ring (bicyclic) bond motifs is 2. The third-order valence-corrected chi connectivity index (χ3v) is 5.15. The van der Waals surface area contributed by atoms with Crippen LogP contribution in [0.1, 0.15) is 30.4 Å². The zero-order chi connectivity index (χ0) is 17.6. The second-order valence-corrected chi connectivity index (χ2v) is 7.12. The van der Waals surface area contributed by atoms with E-state index in [2.05, 4.69) is 4.98 Å². The van der Waals surface area contributed by atoms with E-state index >= 15 is 0 Å². The van der Waals surface area contributed by atoms with Crippen molar-refractivity contribution in [1.82, 2.24) is 4.98 Å². The molecule has 6 heteroatoms. The average Bonchev–Trinajstić information content (AvgIpc) is 3.00. The summed E-state index contributed by atoms with van der Waals surface area (Å²) < 4.78 is 6.34. The van der Waals surface area contributed by atoms with Gasteiger partial charge in [-0.2, -0.15) is 0 Å². The monoisotopic (exact) mass is 356 g/mol. The molecule has 1 N–H and O–H groups in total. The minimum absolute atomic E-state index is 0.144. The van der Waals surface area contributed by atoms with Gasteiger partial charge in [0.1, 0.15) is 11.4 Å². The van der Waals surface area contributed by atoms with E-state index in [9.17, 15) is 10.1 Å². The average molecular weight is 357 g/mol. The van der Waals surface area contributed by atoms with Crippen molar-refractivity contribution >= 4 is 22.5 Å². The molecule has 0 radical (unpaired) electrons. The molecule has 0 spiro atoms. The predicted molar refractivity (Wildman–Crippen MR) is 97.0 cm³/mol. The largest absolute Gasteiger partial charge is 0.482 e. The summed E-state index contributed by atoms with van der Waals surface area (Å²) in [4.78, 5) is 14.2. The molecule has 0 amide bonds. The zero-order valence-corrected chi connectivity index (χ0v) is 14.4. The molecule has 128 valence electrons. The normalized spacial score (nSPS) is 22.4. The lowest BCUT2D eigenvalue weighted by molar-refractivity contribution is -0.484. The standard InChI is InChI=1S/C19H17ClN2O3/c1-19(16-10-21-17-5-3-2-4-14(16)17)9-12(11-22(23)24)15-8-13(20)6-7-18(15)25-19/h2-8,10,12,21H,9,11H2,1H3/t12-,19-/m1/s1. The Morgan fingerprint density at radius 3 is 2.96 bits per heavy atom. The number of ether oxygens (including phenoxy) is 1. The molecular formula is C19H17ClN2O3. The molecule has 0 unspecified atom stereocenters. The number of benzene rings is 2. The molecule has 0 saturated carbocycles. The second-order valence-electron chi connectivity index (χ2n) is 6.68. The number of aromatic amines is 1. The van der Waals surface area contributed by atoms with Crippen molar-refractivity contribution < 1.29 is 9.66 Å². The summed E-state index contributed by atoms with van der Waals surface area (Å²) in [6.07, 6.45) is 2.46. The van der Waals surface area contributed by atoms with Crippen molar-refractivity contribution in [3.63, 3.8) is 0 Å². The third-order valence-electron chi connectivity index (χ3n) is 4.91. The molecule has 5 nitrogen and oxygen atoms in total. The number of rotatable bonds is 3. The molecule has 3 aromatic rings. The van der Waals surface area contributed by atoms with Crippen LogP contribution < -0.4 is 4.74 Å². The van der Waals surface area contributed by atoms with E-state index in [0.717, 1.165) is 22.0 Å². The van der Waals surface area contributed by atoms with E-state index in [-0.39, 0.29) is 17.4 Å². The number of hydrogen-bond acceptors (Lipinski definition) is 3. The van der Waals surface area contributed by atoms with Crippen LogP contribution >= 0.6 is 11.6 Å². The number of H-pyrrole nitrogens is 1. The Kier molecular flexibility index (Phi) is 3.69. The van der Waals surface area contributed by atoms with Gasteiger partial charge in [0.15, 0.2) is 0 Å². The first kappa shape index (κ1) is 16.0. The van der Waals surface area contributed by atoms with Gasteiger partial charge in [-0.15, -0.1) is 0 Å². The van der Waals surface area contributed by atoms with Crippen LogP contribution in [0.15, 0.2) is 48.7 Å². The molecule has 1 aliphatic rings. The first-order valence-electron chi connectivity index (χ1n) is 8.13. The smallest absolute Gasteiger partial charge is 0.210 e. The minimum atomic E-state index is -0.652. The van der Waals surface area contributed by atoms with Crippen molar-refractivity contribution in [3.8, 4) is 5.75 Å². The van der Waals surface area contributed by atoms with Crippen molar-refractivity contribution in [1.29, 1.82) is 0 Å². The fourth-order valence-electron chi connectivity index (χ4n) is 3.81. The van der Waals surface area contributed by atoms with Gasteiger partial charge in [0.05, 0.1) is 5.92 Å². The number of nitrogens with zero attached hydrogens (tertiary/aromatic N) is 1. The maximum Gasteiger partial charge on any atom is 0.210 e. The van der Waals surface area contributed by atoms with Gasteiger partial charge in [0, 0.05) is 44.6 Å². The van der Waals surface area contributed by atoms with E-state index < -0.39 is 5.60 Å². The minimum Gasteiger partial charge on any atom is -0.482 e. The van der Waals surface area contributed by atoms with Crippen LogP contribution in [-0.4, -0.2) is 16.5 Å². The molecular weight excluding hydrogens is 340 g/mol. The highest BCUT2D eigenvalue weighted by Crippen LogP contribution is 2.47. The maximum atomic E-state index is 11.2. The van der Waals surface area contributed by atoms with Crippen LogP contribution in [0.2, 0.25) is 5.02 Å². The lowest BCUT2D eigenvalue weighted by Crippen LogP contribution is -2.37. The maximum absolute atomic E-state index is 11.2. The Labute approximate surface area is 149 Å². The molecule has 25 heavy (non-hydrogen) atoms. The number of halogens is 1. The van der Waals surface area contributed by atoms with Gasteiger partial charge in [-0.1, -0.05) is 29.8 Å². The van der Waals surface area contributed by atoms with Crippen LogP contribution in [0, 0.1) is 10.1 Å². The predicted octanol–water partition coefficient (Wildman–Crippen LogP) is 4.88. The van der Waals surface area contributed by atoms with Crippen molar-refractivity contribution in [2.45, 2.75) is 24.9 Å². The first-order chi connectivity index (χ1) is 12.0. The molecule has 2 atom stereocenters. The van der Waals surface area contributed by atoms with Crippen molar-refractivity contribution in [3.05, 3.63) is 74.9 Å². The highest BCUT2D eigenvalue weighted by Gasteiger charge is 2.42. The summed E-state index contributed by atoms with van der Waals surface area (Å²) in [5.74, 6) is 0.409. The number of nitrogens with one attached hydrogen (secondary N) is 1. The molecule has 2 aromatic carbocycles. The SMILES string of the molecule is C[C@]1(c2c[nH]c3ccccc23)C[C@H](C[N+](=O)[O-])c2cc(Cl)ccc2O1. The highest BCUT2D eigenvalue weighted by molar-refractivity contribution is 6.30. The Balaban J connectivity index is 1.83. The number of hydrogen-bond donors (Lipinski definition) is 1. The van der Waals surface area contributed by atoms with Crippen LogP contribution in [0.25, 0.3) is 10.9 Å². The number of nitro groups is 1. The molecule has 0 aliphatic carbocycles. The topological polar surface area (TPSA) is 68.2 Å². The summed E-state index contributed by atoms with van der Waals surface area (Å²) in [5, 5.41) is 12.8. The van der Waals surface area contributed by atoms with E-state index in [1.54, 1.807) is 18.2 Å². The van der Waals surface area contributed by atoms with Gasteiger partial charge in [0.25, 0.3) is 0 Å². The summed E-state index contributed by atoms with van der Waals surface area (Å²) in [7, 11) is 0. The highest BCUT2D eigenvalue weighted by atomic mass is 35.5. The fourth-order valence-corrected chi connectivity index (χ4v) is 3.99. The zero-order valence-electron chi connectivity index (χ0n) is 13.7. The molecule has 0 fully saturated rings. The Bertz CT molecular complexity index is 968. The molecule has 0 saturated heterocycles. The molecule has 0 bridgehead atoms. The summed E-state index contributed by atoms with van der Waals surface area (Å²) in [6.45, 7) is 1.85. The van der Waals surface area contributed by atoms with E-state index in [0.29, 0.717) is 17.2 Å². The van der Waals surface area contributed by atoms with Gasteiger partial charge in [-0.3, -0.25) is 10.1 Å². The second kappa shape index (κ2) is 5.77. The van der Waals surface area contributed by atoms with Gasteiger partial charge < -0.3 is 9.72 Å². The van der Waals surface area contributed by atoms with E-state index in [1.807, 2.05) is 37.4 Å². The van der Waals surface area contributed by atoms with Gasteiger partial charge in [-0.25, -0.2) is 0 Å².